The van der Waals surface area contributed by atoms with Crippen molar-refractivity contribution in [3.8, 4) is 0 Å². The quantitative estimate of drug-likeness (QED) is 0.834. The van der Waals surface area contributed by atoms with Gasteiger partial charge < -0.3 is 19.2 Å². The van der Waals surface area contributed by atoms with Crippen molar-refractivity contribution in [2.45, 2.75) is 70.8 Å². The maximum absolute atomic E-state index is 12.9. The zero-order valence-corrected chi connectivity index (χ0v) is 17.4. The fourth-order valence-corrected chi connectivity index (χ4v) is 4.57. The fourth-order valence-electron chi connectivity index (χ4n) is 4.57. The van der Waals surface area contributed by atoms with Gasteiger partial charge in [0.15, 0.2) is 5.58 Å². The molecule has 29 heavy (non-hydrogen) atoms. The van der Waals surface area contributed by atoms with Gasteiger partial charge >= 0.3 is 5.76 Å². The molecular weight excluding hydrogens is 372 g/mol. The summed E-state index contributed by atoms with van der Waals surface area (Å²) < 4.78 is 13.1. The maximum Gasteiger partial charge on any atom is 0.420 e. The van der Waals surface area contributed by atoms with Gasteiger partial charge in [-0.3, -0.25) is 9.36 Å². The molecule has 2 aliphatic rings. The molecule has 0 unspecified atom stereocenters. The number of amides is 1. The Morgan fingerprint density at radius 3 is 2.62 bits per heavy atom. The van der Waals surface area contributed by atoms with Crippen LogP contribution >= 0.6 is 0 Å². The van der Waals surface area contributed by atoms with E-state index in [-0.39, 0.29) is 35.7 Å². The molecule has 1 N–H and O–H groups in total. The number of likely N-dealkylation sites (tertiary alicyclic amines) is 1. The lowest BCUT2D eigenvalue weighted by Crippen LogP contribution is -2.56. The zero-order valence-electron chi connectivity index (χ0n) is 17.4. The van der Waals surface area contributed by atoms with Crippen LogP contribution in [0, 0.1) is 5.41 Å². The molecule has 1 aromatic carbocycles. The Balaban J connectivity index is 1.43. The van der Waals surface area contributed by atoms with E-state index in [0.717, 1.165) is 0 Å². The highest BCUT2D eigenvalue weighted by Gasteiger charge is 2.46. The van der Waals surface area contributed by atoms with Crippen LogP contribution in [0.4, 0.5) is 0 Å². The summed E-state index contributed by atoms with van der Waals surface area (Å²) in [7, 11) is 0. The fraction of sp³-hybridized carbons (Fsp3) is 0.636. The molecule has 7 heteroatoms. The van der Waals surface area contributed by atoms with Gasteiger partial charge in [0, 0.05) is 25.9 Å². The highest BCUT2D eigenvalue weighted by molar-refractivity contribution is 5.79. The molecule has 2 atom stereocenters. The van der Waals surface area contributed by atoms with Crippen LogP contribution in [0.15, 0.2) is 33.5 Å². The molecule has 0 aliphatic carbocycles. The summed E-state index contributed by atoms with van der Waals surface area (Å²) >= 11 is 0. The van der Waals surface area contributed by atoms with Crippen LogP contribution in [-0.4, -0.2) is 51.4 Å². The minimum absolute atomic E-state index is 0.00405. The molecule has 2 fully saturated rings. The van der Waals surface area contributed by atoms with E-state index in [4.69, 9.17) is 9.15 Å². The van der Waals surface area contributed by atoms with Crippen LogP contribution in [0.1, 0.15) is 46.5 Å². The molecule has 1 amide bonds. The number of para-hydroxylation sites is 2. The summed E-state index contributed by atoms with van der Waals surface area (Å²) in [5.41, 5.74) is 0.711. The Morgan fingerprint density at radius 2 is 1.93 bits per heavy atom. The number of oxazole rings is 1. The topological polar surface area (TPSA) is 84.9 Å². The Hall–Kier alpha value is -2.12. The number of aliphatic hydroxyl groups excluding tert-OH is 1. The average Bonchev–Trinajstić information content (AvgIpc) is 2.96. The molecule has 2 saturated heterocycles. The van der Waals surface area contributed by atoms with E-state index >= 15 is 0 Å². The Morgan fingerprint density at radius 1 is 1.24 bits per heavy atom. The molecule has 1 aromatic heterocycles. The number of benzene rings is 1. The summed E-state index contributed by atoms with van der Waals surface area (Å²) in [6.07, 6.45) is 2.31. The zero-order chi connectivity index (χ0) is 20.8. The van der Waals surface area contributed by atoms with Crippen molar-refractivity contribution in [2.75, 3.05) is 13.1 Å². The molecule has 1 spiro atoms. The van der Waals surface area contributed by atoms with E-state index in [2.05, 4.69) is 20.8 Å². The van der Waals surface area contributed by atoms with Crippen molar-refractivity contribution in [1.29, 1.82) is 0 Å². The van der Waals surface area contributed by atoms with Gasteiger partial charge in [-0.05, 0) is 30.4 Å². The molecule has 0 bridgehead atoms. The van der Waals surface area contributed by atoms with Gasteiger partial charge in [-0.15, -0.1) is 0 Å². The highest BCUT2D eigenvalue weighted by atomic mass is 16.5. The number of aromatic nitrogens is 1. The number of hydrogen-bond acceptors (Lipinski definition) is 5. The summed E-state index contributed by atoms with van der Waals surface area (Å²) in [5, 5.41) is 10.4. The van der Waals surface area contributed by atoms with Crippen LogP contribution < -0.4 is 5.76 Å². The first-order chi connectivity index (χ1) is 13.7. The number of carbonyl (C=O) groups is 1. The van der Waals surface area contributed by atoms with Crippen LogP contribution in [0.3, 0.4) is 0 Å². The summed E-state index contributed by atoms with van der Waals surface area (Å²) in [6.45, 7) is 7.50. The molecule has 0 radical (unpaired) electrons. The second-order valence-corrected chi connectivity index (χ2v) is 9.55. The Bertz CT molecular complexity index is 946. The number of carbonyl (C=O) groups excluding carboxylic acids is 1. The van der Waals surface area contributed by atoms with Crippen LogP contribution in [0.2, 0.25) is 0 Å². The van der Waals surface area contributed by atoms with Crippen molar-refractivity contribution in [3.63, 3.8) is 0 Å². The molecule has 3 heterocycles. The Kier molecular flexibility index (Phi) is 5.07. The summed E-state index contributed by atoms with van der Waals surface area (Å²) in [4.78, 5) is 26.8. The number of nitrogens with zero attached hydrogens (tertiary/aromatic N) is 2. The van der Waals surface area contributed by atoms with Crippen LogP contribution in [0.5, 0.6) is 0 Å². The first-order valence-electron chi connectivity index (χ1n) is 10.4. The minimum atomic E-state index is -0.514. The SMILES string of the molecule is CC(C)(C)[C@H]1C[C@@H](O)CC2(CCN(C(=O)Cn3c(=O)oc4ccccc43)CC2)O1. The lowest BCUT2D eigenvalue weighted by Gasteiger charge is -2.50. The summed E-state index contributed by atoms with van der Waals surface area (Å²) in [6, 6.07) is 7.12. The van der Waals surface area contributed by atoms with Gasteiger partial charge in [0.1, 0.15) is 6.54 Å². The van der Waals surface area contributed by atoms with E-state index in [1.165, 1.54) is 4.57 Å². The number of aliphatic hydroxyl groups is 1. The van der Waals surface area contributed by atoms with Crippen molar-refractivity contribution in [1.82, 2.24) is 9.47 Å². The first-order valence-corrected chi connectivity index (χ1v) is 10.4. The Labute approximate surface area is 170 Å². The predicted octanol–water partition coefficient (Wildman–Crippen LogP) is 2.54. The summed E-state index contributed by atoms with van der Waals surface area (Å²) in [5.74, 6) is -0.614. The molecule has 7 nitrogen and oxygen atoms in total. The molecule has 4 rings (SSSR count). The monoisotopic (exact) mass is 402 g/mol. The molecule has 2 aromatic rings. The number of hydrogen-bond donors (Lipinski definition) is 1. The van der Waals surface area contributed by atoms with Crippen molar-refractivity contribution < 1.29 is 19.1 Å². The van der Waals surface area contributed by atoms with Gasteiger partial charge in [0.2, 0.25) is 5.91 Å². The number of fused-ring (bicyclic) bond motifs is 1. The second-order valence-electron chi connectivity index (χ2n) is 9.55. The maximum atomic E-state index is 12.9. The predicted molar refractivity (Wildman–Crippen MR) is 109 cm³/mol. The number of ether oxygens (including phenoxy) is 1. The first kappa shape index (κ1) is 20.2. The smallest absolute Gasteiger partial charge is 0.408 e. The standard InChI is InChI=1S/C22H30N2O5/c1-21(2,3)18-12-15(25)13-22(29-18)8-10-23(11-9-22)19(26)14-24-16-6-4-5-7-17(16)28-20(24)27/h4-7,15,18,25H,8-14H2,1-3H3/t15-,18-/m1/s1. The van der Waals surface area contributed by atoms with E-state index in [1.807, 2.05) is 6.07 Å². The van der Waals surface area contributed by atoms with Crippen molar-refractivity contribution >= 4 is 17.0 Å². The average molecular weight is 402 g/mol. The third-order valence-electron chi connectivity index (χ3n) is 6.35. The van der Waals surface area contributed by atoms with Gasteiger partial charge in [-0.1, -0.05) is 32.9 Å². The second kappa shape index (κ2) is 7.29. The third-order valence-corrected chi connectivity index (χ3v) is 6.35. The molecular formula is C22H30N2O5. The van der Waals surface area contributed by atoms with Gasteiger partial charge in [-0.2, -0.15) is 0 Å². The molecule has 158 valence electrons. The van der Waals surface area contributed by atoms with Gasteiger partial charge in [0.05, 0.1) is 23.3 Å². The van der Waals surface area contributed by atoms with E-state index in [0.29, 0.717) is 49.9 Å². The van der Waals surface area contributed by atoms with Crippen LogP contribution in [0.25, 0.3) is 11.1 Å². The largest absolute Gasteiger partial charge is 0.420 e. The number of piperidine rings is 1. The van der Waals surface area contributed by atoms with Crippen molar-refractivity contribution in [2.24, 2.45) is 5.41 Å². The van der Waals surface area contributed by atoms with E-state index in [1.54, 1.807) is 23.1 Å². The minimum Gasteiger partial charge on any atom is -0.408 e. The normalized spacial score (nSPS) is 24.9. The van der Waals surface area contributed by atoms with E-state index in [9.17, 15) is 14.7 Å². The van der Waals surface area contributed by atoms with Crippen LogP contribution in [-0.2, 0) is 16.1 Å². The molecule has 0 saturated carbocycles. The highest BCUT2D eigenvalue weighted by Crippen LogP contribution is 2.42. The third kappa shape index (κ3) is 3.98. The lowest BCUT2D eigenvalue weighted by atomic mass is 9.76. The van der Waals surface area contributed by atoms with Crippen molar-refractivity contribution in [3.05, 3.63) is 34.8 Å². The lowest BCUT2D eigenvalue weighted by molar-refractivity contribution is -0.207. The van der Waals surface area contributed by atoms with Gasteiger partial charge in [0.25, 0.3) is 0 Å². The van der Waals surface area contributed by atoms with Gasteiger partial charge in [-0.25, -0.2) is 4.79 Å². The van der Waals surface area contributed by atoms with E-state index < -0.39 is 5.76 Å². The molecule has 2 aliphatic heterocycles. The number of rotatable bonds is 2.